The second kappa shape index (κ2) is 8.53. The molecule has 2 aromatic carbocycles. The van der Waals surface area contributed by atoms with Crippen LogP contribution in [0.15, 0.2) is 52.1 Å². The van der Waals surface area contributed by atoms with Crippen LogP contribution in [0.5, 0.6) is 5.75 Å². The van der Waals surface area contributed by atoms with E-state index in [1.54, 1.807) is 26.0 Å². The molecule has 0 saturated carbocycles. The van der Waals surface area contributed by atoms with Crippen LogP contribution in [0.25, 0.3) is 0 Å². The minimum absolute atomic E-state index is 0.273. The number of H-pyrrole nitrogens is 4. The van der Waals surface area contributed by atoms with Gasteiger partial charge in [0.1, 0.15) is 12.4 Å². The summed E-state index contributed by atoms with van der Waals surface area (Å²) in [7, 11) is 0. The fourth-order valence-corrected chi connectivity index (χ4v) is 3.98. The Kier molecular flexibility index (Phi) is 5.80. The molecule has 4 rings (SSSR count). The molecular weight excluding hydrogens is 439 g/mol. The van der Waals surface area contributed by atoms with Gasteiger partial charge in [0.05, 0.1) is 21.2 Å². The van der Waals surface area contributed by atoms with Gasteiger partial charge in [-0.3, -0.25) is 19.8 Å². The molecule has 0 spiro atoms. The van der Waals surface area contributed by atoms with Crippen LogP contribution >= 0.6 is 23.2 Å². The van der Waals surface area contributed by atoms with Gasteiger partial charge in [-0.15, -0.1) is 0 Å². The highest BCUT2D eigenvalue weighted by Crippen LogP contribution is 2.33. The summed E-state index contributed by atoms with van der Waals surface area (Å²) >= 11 is 12.0. The summed E-state index contributed by atoms with van der Waals surface area (Å²) in [6, 6.07) is 12.7. The molecule has 0 aliphatic rings. The number of hydrogen-bond donors (Lipinski definition) is 4. The van der Waals surface area contributed by atoms with Crippen LogP contribution < -0.4 is 15.9 Å². The van der Waals surface area contributed by atoms with Crippen molar-refractivity contribution in [3.05, 3.63) is 107 Å². The Labute approximate surface area is 187 Å². The molecule has 0 bridgehead atoms. The second-order valence-electron chi connectivity index (χ2n) is 7.28. The lowest BCUT2D eigenvalue weighted by molar-refractivity contribution is 0.306. The van der Waals surface area contributed by atoms with Crippen molar-refractivity contribution >= 4 is 23.2 Å². The van der Waals surface area contributed by atoms with Crippen LogP contribution in [0.4, 0.5) is 0 Å². The normalized spacial score (nSPS) is 11.3. The zero-order valence-electron chi connectivity index (χ0n) is 16.8. The lowest BCUT2D eigenvalue weighted by Gasteiger charge is -2.17. The molecule has 160 valence electrons. The van der Waals surface area contributed by atoms with Crippen molar-refractivity contribution in [2.45, 2.75) is 26.4 Å². The Balaban J connectivity index is 1.72. The zero-order chi connectivity index (χ0) is 22.1. The van der Waals surface area contributed by atoms with Crippen molar-refractivity contribution in [1.29, 1.82) is 0 Å². The molecule has 0 unspecified atom stereocenters. The van der Waals surface area contributed by atoms with Gasteiger partial charge in [0.15, 0.2) is 0 Å². The predicted molar refractivity (Wildman–Crippen MR) is 120 cm³/mol. The summed E-state index contributed by atoms with van der Waals surface area (Å²) in [5, 5.41) is 11.8. The van der Waals surface area contributed by atoms with Gasteiger partial charge in [-0.05, 0) is 49.2 Å². The third-order valence-corrected chi connectivity index (χ3v) is 5.92. The molecule has 0 radical (unpaired) electrons. The highest BCUT2D eigenvalue weighted by Gasteiger charge is 2.28. The third kappa shape index (κ3) is 4.19. The molecule has 0 saturated heterocycles. The van der Waals surface area contributed by atoms with Crippen LogP contribution in [0, 0.1) is 13.8 Å². The molecule has 2 heterocycles. The number of nitrogens with one attached hydrogen (secondary N) is 4. The SMILES string of the molecule is Cc1[nH][nH]c(=O)c1C(c1cccc(OCc2ccc(Cl)c(Cl)c2)c1)c1c(C)[nH][nH]c1=O. The number of ether oxygens (including phenoxy) is 1. The average Bonchev–Trinajstić information content (AvgIpc) is 3.26. The Morgan fingerprint density at radius 1 is 0.839 bits per heavy atom. The van der Waals surface area contributed by atoms with Crippen LogP contribution in [0.2, 0.25) is 10.0 Å². The van der Waals surface area contributed by atoms with E-state index in [1.165, 1.54) is 0 Å². The van der Waals surface area contributed by atoms with Crippen LogP contribution in [0.3, 0.4) is 0 Å². The topological polar surface area (TPSA) is 107 Å². The summed E-state index contributed by atoms with van der Waals surface area (Å²) in [5.41, 5.74) is 3.37. The molecule has 0 amide bonds. The fraction of sp³-hybridized carbons (Fsp3) is 0.182. The van der Waals surface area contributed by atoms with E-state index >= 15 is 0 Å². The summed E-state index contributed by atoms with van der Waals surface area (Å²) in [4.78, 5) is 25.1. The van der Waals surface area contributed by atoms with Crippen molar-refractivity contribution in [3.8, 4) is 5.75 Å². The van der Waals surface area contributed by atoms with Crippen molar-refractivity contribution in [1.82, 2.24) is 20.4 Å². The van der Waals surface area contributed by atoms with Gasteiger partial charge in [-0.2, -0.15) is 0 Å². The molecule has 31 heavy (non-hydrogen) atoms. The highest BCUT2D eigenvalue weighted by atomic mass is 35.5. The number of aromatic amines is 4. The third-order valence-electron chi connectivity index (χ3n) is 5.18. The van der Waals surface area contributed by atoms with E-state index in [4.69, 9.17) is 27.9 Å². The number of hydrogen-bond acceptors (Lipinski definition) is 3. The first kappa shape index (κ1) is 21.1. The molecule has 4 aromatic rings. The summed E-state index contributed by atoms with van der Waals surface area (Å²) in [6.45, 7) is 3.88. The summed E-state index contributed by atoms with van der Waals surface area (Å²) in [6.07, 6.45) is 0. The van der Waals surface area contributed by atoms with Gasteiger partial charge in [0, 0.05) is 17.3 Å². The van der Waals surface area contributed by atoms with Crippen LogP contribution in [-0.4, -0.2) is 20.4 Å². The largest absolute Gasteiger partial charge is 0.489 e. The van der Waals surface area contributed by atoms with Gasteiger partial charge in [0.25, 0.3) is 11.1 Å². The molecule has 2 aromatic heterocycles. The Bertz CT molecular complexity index is 1300. The first-order valence-corrected chi connectivity index (χ1v) is 10.3. The maximum absolute atomic E-state index is 12.6. The van der Waals surface area contributed by atoms with E-state index in [0.717, 1.165) is 11.1 Å². The monoisotopic (exact) mass is 458 g/mol. The van der Waals surface area contributed by atoms with E-state index < -0.39 is 5.92 Å². The van der Waals surface area contributed by atoms with Gasteiger partial charge < -0.3 is 14.9 Å². The van der Waals surface area contributed by atoms with Gasteiger partial charge in [-0.1, -0.05) is 41.4 Å². The number of rotatable bonds is 6. The smallest absolute Gasteiger partial charge is 0.268 e. The Morgan fingerprint density at radius 2 is 1.48 bits per heavy atom. The van der Waals surface area contributed by atoms with Crippen molar-refractivity contribution in [2.75, 3.05) is 0 Å². The minimum atomic E-state index is -0.571. The molecule has 9 heteroatoms. The van der Waals surface area contributed by atoms with Crippen molar-refractivity contribution < 1.29 is 4.74 Å². The number of aromatic nitrogens is 4. The lowest BCUT2D eigenvalue weighted by Crippen LogP contribution is -2.20. The van der Waals surface area contributed by atoms with E-state index in [-0.39, 0.29) is 11.1 Å². The molecule has 0 fully saturated rings. The van der Waals surface area contributed by atoms with Gasteiger partial charge in [0.2, 0.25) is 0 Å². The summed E-state index contributed by atoms with van der Waals surface area (Å²) < 4.78 is 5.94. The van der Waals surface area contributed by atoms with E-state index in [1.807, 2.05) is 30.3 Å². The predicted octanol–water partition coefficient (Wildman–Crippen LogP) is 4.40. The lowest BCUT2D eigenvalue weighted by atomic mass is 9.85. The first-order valence-electron chi connectivity index (χ1n) is 9.56. The zero-order valence-corrected chi connectivity index (χ0v) is 18.3. The number of halogens is 2. The van der Waals surface area contributed by atoms with Crippen LogP contribution in [-0.2, 0) is 6.61 Å². The maximum Gasteiger partial charge on any atom is 0.268 e. The van der Waals surface area contributed by atoms with Gasteiger partial charge >= 0.3 is 0 Å². The van der Waals surface area contributed by atoms with Crippen molar-refractivity contribution in [3.63, 3.8) is 0 Å². The maximum atomic E-state index is 12.6. The molecule has 0 aliphatic carbocycles. The average molecular weight is 459 g/mol. The fourth-order valence-electron chi connectivity index (χ4n) is 3.66. The molecular formula is C22H20Cl2N4O3. The van der Waals surface area contributed by atoms with Gasteiger partial charge in [-0.25, -0.2) is 0 Å². The van der Waals surface area contributed by atoms with E-state index in [2.05, 4.69) is 20.4 Å². The molecule has 4 N–H and O–H groups in total. The first-order chi connectivity index (χ1) is 14.8. The van der Waals surface area contributed by atoms with E-state index in [0.29, 0.717) is 44.9 Å². The molecule has 0 aliphatic heterocycles. The van der Waals surface area contributed by atoms with Crippen LogP contribution in [0.1, 0.15) is 39.6 Å². The number of benzene rings is 2. The second-order valence-corrected chi connectivity index (χ2v) is 8.09. The standard InChI is InChI=1S/C22H20Cl2N4O3/c1-11-18(21(29)27-25-11)20(19-12(2)26-28-22(19)30)14-4-3-5-15(9-14)31-10-13-6-7-16(23)17(24)8-13/h3-9,20H,10H2,1-2H3,(H2,25,27,29)(H2,26,28,30). The molecule has 7 nitrogen and oxygen atoms in total. The molecule has 0 atom stereocenters. The van der Waals surface area contributed by atoms with Crippen molar-refractivity contribution in [2.24, 2.45) is 0 Å². The Morgan fingerprint density at radius 3 is 2.03 bits per heavy atom. The minimum Gasteiger partial charge on any atom is -0.489 e. The highest BCUT2D eigenvalue weighted by molar-refractivity contribution is 6.42. The number of aryl methyl sites for hydroxylation is 2. The quantitative estimate of drug-likeness (QED) is 0.343. The Hall–Kier alpha value is -3.16. The van der Waals surface area contributed by atoms with E-state index in [9.17, 15) is 9.59 Å². The summed E-state index contributed by atoms with van der Waals surface area (Å²) in [5.74, 6) is 0.0290.